The summed E-state index contributed by atoms with van der Waals surface area (Å²) in [6.07, 6.45) is -4.14. The number of halogens is 8. The predicted molar refractivity (Wildman–Crippen MR) is 84.4 cm³/mol. The summed E-state index contributed by atoms with van der Waals surface area (Å²) in [5.74, 6) is 0. The highest BCUT2D eigenvalue weighted by Crippen LogP contribution is 2.49. The molecule has 1 aromatic heterocycles. The van der Waals surface area contributed by atoms with E-state index in [9.17, 15) is 13.2 Å². The lowest BCUT2D eigenvalue weighted by Crippen LogP contribution is -2.07. The van der Waals surface area contributed by atoms with Crippen molar-refractivity contribution in [3.8, 4) is 17.2 Å². The largest absolute Gasteiger partial charge is 0.417 e. The van der Waals surface area contributed by atoms with E-state index in [0.717, 1.165) is 0 Å². The fourth-order valence-electron chi connectivity index (χ4n) is 1.74. The van der Waals surface area contributed by atoms with E-state index in [1.54, 1.807) is 6.07 Å². The van der Waals surface area contributed by atoms with E-state index in [1.165, 1.54) is 0 Å². The first-order chi connectivity index (χ1) is 10.6. The summed E-state index contributed by atoms with van der Waals surface area (Å²) in [6, 6.07) is 2.36. The third-order valence-corrected chi connectivity index (χ3v) is 5.08. The van der Waals surface area contributed by atoms with Crippen LogP contribution in [0.15, 0.2) is 12.3 Å². The van der Waals surface area contributed by atoms with E-state index < -0.39 is 11.7 Å². The number of aromatic nitrogens is 1. The van der Waals surface area contributed by atoms with Gasteiger partial charge in [-0.3, -0.25) is 0 Å². The van der Waals surface area contributed by atoms with Crippen LogP contribution in [0.1, 0.15) is 11.3 Å². The van der Waals surface area contributed by atoms with Gasteiger partial charge in [-0.05, 0) is 6.07 Å². The zero-order valence-electron chi connectivity index (χ0n) is 10.6. The minimum absolute atomic E-state index is 0.148. The standard InChI is InChI=1S/C13H2Cl5F3N2/c14-8-7(9(15)11(17)12(18)10(8)16)5-1-4(13(19,20)21)3-23-6(5)2-22/h1,3H. The van der Waals surface area contributed by atoms with Gasteiger partial charge in [0.1, 0.15) is 11.8 Å². The van der Waals surface area contributed by atoms with Crippen molar-refractivity contribution >= 4 is 58.0 Å². The van der Waals surface area contributed by atoms with E-state index >= 15 is 0 Å². The van der Waals surface area contributed by atoms with Crippen LogP contribution in [0.5, 0.6) is 0 Å². The average Bonchev–Trinajstić information content (AvgIpc) is 2.50. The van der Waals surface area contributed by atoms with Gasteiger partial charge >= 0.3 is 6.18 Å². The lowest BCUT2D eigenvalue weighted by Gasteiger charge is -2.15. The molecule has 0 spiro atoms. The number of alkyl halides is 3. The second-order valence-corrected chi connectivity index (χ2v) is 6.06. The molecule has 0 saturated carbocycles. The molecule has 0 radical (unpaired) electrons. The van der Waals surface area contributed by atoms with E-state index in [-0.39, 0.29) is 41.9 Å². The highest BCUT2D eigenvalue weighted by molar-refractivity contribution is 6.56. The van der Waals surface area contributed by atoms with Crippen molar-refractivity contribution in [2.45, 2.75) is 6.18 Å². The van der Waals surface area contributed by atoms with Crippen molar-refractivity contribution in [3.63, 3.8) is 0 Å². The molecule has 0 N–H and O–H groups in total. The van der Waals surface area contributed by atoms with Crippen molar-refractivity contribution in [3.05, 3.63) is 48.6 Å². The van der Waals surface area contributed by atoms with Gasteiger partial charge in [-0.15, -0.1) is 0 Å². The van der Waals surface area contributed by atoms with Gasteiger partial charge in [0.25, 0.3) is 0 Å². The monoisotopic (exact) mass is 418 g/mol. The summed E-state index contributed by atoms with van der Waals surface area (Å²) >= 11 is 29.7. The number of hydrogen-bond donors (Lipinski definition) is 0. The zero-order chi connectivity index (χ0) is 17.5. The van der Waals surface area contributed by atoms with E-state index in [1.807, 2.05) is 0 Å². The average molecular weight is 420 g/mol. The van der Waals surface area contributed by atoms with Gasteiger partial charge in [-0.25, -0.2) is 4.98 Å². The highest BCUT2D eigenvalue weighted by Gasteiger charge is 2.33. The third kappa shape index (κ3) is 3.33. The smallest absolute Gasteiger partial charge is 0.244 e. The number of nitrogens with zero attached hydrogens (tertiary/aromatic N) is 2. The van der Waals surface area contributed by atoms with Crippen LogP contribution in [0.2, 0.25) is 25.1 Å². The molecule has 1 aromatic carbocycles. The molecule has 2 nitrogen and oxygen atoms in total. The Bertz CT molecular complexity index is 814. The Balaban J connectivity index is 2.90. The molecule has 0 saturated heterocycles. The summed E-state index contributed by atoms with van der Waals surface area (Å²) in [7, 11) is 0. The summed E-state index contributed by atoms with van der Waals surface area (Å²) in [6.45, 7) is 0. The first-order valence-electron chi connectivity index (χ1n) is 5.58. The molecule has 0 fully saturated rings. The van der Waals surface area contributed by atoms with Crippen LogP contribution in [0.4, 0.5) is 13.2 Å². The quantitative estimate of drug-likeness (QED) is 0.371. The molecule has 0 aliphatic heterocycles. The van der Waals surface area contributed by atoms with Gasteiger partial charge < -0.3 is 0 Å². The van der Waals surface area contributed by atoms with Crippen LogP contribution < -0.4 is 0 Å². The summed E-state index contributed by atoms with van der Waals surface area (Å²) in [4.78, 5) is 3.49. The Hall–Kier alpha value is -0.900. The van der Waals surface area contributed by atoms with Gasteiger partial charge in [0.15, 0.2) is 0 Å². The maximum Gasteiger partial charge on any atom is 0.417 e. The lowest BCUT2D eigenvalue weighted by molar-refractivity contribution is -0.137. The molecular formula is C13H2Cl5F3N2. The van der Waals surface area contributed by atoms with Crippen LogP contribution in [-0.2, 0) is 6.18 Å². The van der Waals surface area contributed by atoms with Gasteiger partial charge in [0.05, 0.1) is 30.7 Å². The molecule has 2 rings (SSSR count). The molecule has 0 bridgehead atoms. The number of benzene rings is 1. The van der Waals surface area contributed by atoms with Crippen LogP contribution >= 0.6 is 58.0 Å². The summed E-state index contributed by atoms with van der Waals surface area (Å²) in [5.41, 5.74) is -1.81. The molecule has 10 heteroatoms. The first-order valence-corrected chi connectivity index (χ1v) is 7.47. The molecule has 0 amide bonds. The van der Waals surface area contributed by atoms with Gasteiger partial charge in [0.2, 0.25) is 0 Å². The number of nitriles is 1. The molecule has 0 unspecified atom stereocenters. The van der Waals surface area contributed by atoms with Crippen molar-refractivity contribution in [2.24, 2.45) is 0 Å². The molecule has 120 valence electrons. The second kappa shape index (κ2) is 6.54. The van der Waals surface area contributed by atoms with Crippen molar-refractivity contribution in [2.75, 3.05) is 0 Å². The molecule has 1 heterocycles. The summed E-state index contributed by atoms with van der Waals surface area (Å²) < 4.78 is 38.6. The SMILES string of the molecule is N#Cc1ncc(C(F)(F)F)cc1-c1c(Cl)c(Cl)c(Cl)c(Cl)c1Cl. The van der Waals surface area contributed by atoms with Crippen LogP contribution in [0.3, 0.4) is 0 Å². The number of rotatable bonds is 1. The van der Waals surface area contributed by atoms with Gasteiger partial charge in [-0.1, -0.05) is 58.0 Å². The van der Waals surface area contributed by atoms with E-state index in [0.29, 0.717) is 12.3 Å². The predicted octanol–water partition coefficient (Wildman–Crippen LogP) is 6.91. The van der Waals surface area contributed by atoms with E-state index in [4.69, 9.17) is 63.3 Å². The zero-order valence-corrected chi connectivity index (χ0v) is 14.4. The fourth-order valence-corrected chi connectivity index (χ4v) is 3.08. The van der Waals surface area contributed by atoms with Crippen LogP contribution in [-0.4, -0.2) is 4.98 Å². The molecule has 0 atom stereocenters. The summed E-state index contributed by atoms with van der Waals surface area (Å²) in [5, 5.41) is 8.07. The molecule has 0 aliphatic carbocycles. The second-order valence-electron chi connectivity index (χ2n) is 4.17. The topological polar surface area (TPSA) is 36.7 Å². The van der Waals surface area contributed by atoms with Crippen LogP contribution in [0, 0.1) is 11.3 Å². The Morgan fingerprint density at radius 2 is 1.39 bits per heavy atom. The molecule has 23 heavy (non-hydrogen) atoms. The lowest BCUT2D eigenvalue weighted by atomic mass is 10.0. The number of hydrogen-bond acceptors (Lipinski definition) is 2. The maximum atomic E-state index is 12.9. The molecule has 0 aliphatic rings. The fraction of sp³-hybridized carbons (Fsp3) is 0.0769. The Kier molecular flexibility index (Phi) is 5.24. The van der Waals surface area contributed by atoms with Crippen LogP contribution in [0.25, 0.3) is 11.1 Å². The number of pyridine rings is 1. The van der Waals surface area contributed by atoms with Gasteiger partial charge in [-0.2, -0.15) is 18.4 Å². The first kappa shape index (κ1) is 18.4. The third-order valence-electron chi connectivity index (χ3n) is 2.80. The highest BCUT2D eigenvalue weighted by atomic mass is 35.5. The Labute approximate surface area is 153 Å². The minimum atomic E-state index is -4.67. The normalized spacial score (nSPS) is 11.4. The van der Waals surface area contributed by atoms with Crippen molar-refractivity contribution in [1.82, 2.24) is 4.98 Å². The Morgan fingerprint density at radius 1 is 0.913 bits per heavy atom. The van der Waals surface area contributed by atoms with Crippen molar-refractivity contribution in [1.29, 1.82) is 5.26 Å². The Morgan fingerprint density at radius 3 is 1.83 bits per heavy atom. The van der Waals surface area contributed by atoms with Crippen molar-refractivity contribution < 1.29 is 13.2 Å². The van der Waals surface area contributed by atoms with E-state index in [2.05, 4.69) is 4.98 Å². The minimum Gasteiger partial charge on any atom is -0.244 e. The molecule has 2 aromatic rings. The maximum absolute atomic E-state index is 12.9. The van der Waals surface area contributed by atoms with Gasteiger partial charge in [0, 0.05) is 17.3 Å². The molecular weight excluding hydrogens is 418 g/mol.